The summed E-state index contributed by atoms with van der Waals surface area (Å²) >= 11 is 0. The van der Waals surface area contributed by atoms with Gasteiger partial charge in [0, 0.05) is 13.7 Å². The van der Waals surface area contributed by atoms with E-state index in [9.17, 15) is 8.42 Å². The number of benzene rings is 1. The van der Waals surface area contributed by atoms with E-state index in [1.54, 1.807) is 32.2 Å². The van der Waals surface area contributed by atoms with Crippen LogP contribution in [0.25, 0.3) is 0 Å². The minimum atomic E-state index is -3.48. The molecule has 1 aromatic rings. The van der Waals surface area contributed by atoms with Crippen LogP contribution in [0.5, 0.6) is 0 Å². The molecule has 0 bridgehead atoms. The Bertz CT molecular complexity index is 515. The summed E-state index contributed by atoms with van der Waals surface area (Å²) in [6, 6.07) is 6.96. The topological polar surface area (TPSA) is 67.4 Å². The van der Waals surface area contributed by atoms with E-state index in [-0.39, 0.29) is 10.9 Å². The Morgan fingerprint density at radius 3 is 2.45 bits per heavy atom. The van der Waals surface area contributed by atoms with Crippen LogP contribution in [0.15, 0.2) is 29.2 Å². The highest BCUT2D eigenvalue weighted by molar-refractivity contribution is 7.89. The van der Waals surface area contributed by atoms with Gasteiger partial charge in [0.2, 0.25) is 10.0 Å². The van der Waals surface area contributed by atoms with Crippen LogP contribution in [-0.2, 0) is 14.8 Å². The first-order chi connectivity index (χ1) is 9.42. The second kappa shape index (κ2) is 7.61. The van der Waals surface area contributed by atoms with Gasteiger partial charge in [0.05, 0.1) is 18.3 Å². The van der Waals surface area contributed by atoms with E-state index < -0.39 is 10.0 Å². The van der Waals surface area contributed by atoms with Crippen molar-refractivity contribution in [2.75, 3.05) is 25.6 Å². The fourth-order valence-electron chi connectivity index (χ4n) is 1.87. The first-order valence-electron chi connectivity index (χ1n) is 6.76. The SMILES string of the molecule is CCNS(=O)(=O)c1ccccc1NC(COC)C(C)C. The molecule has 5 nitrogen and oxygen atoms in total. The van der Waals surface area contributed by atoms with Crippen LogP contribution in [0, 0.1) is 5.92 Å². The lowest BCUT2D eigenvalue weighted by molar-refractivity contribution is 0.171. The molecule has 0 aliphatic rings. The van der Waals surface area contributed by atoms with Crippen LogP contribution >= 0.6 is 0 Å². The van der Waals surface area contributed by atoms with Crippen molar-refractivity contribution in [3.8, 4) is 0 Å². The lowest BCUT2D eigenvalue weighted by Gasteiger charge is -2.24. The Kier molecular flexibility index (Phi) is 6.45. The summed E-state index contributed by atoms with van der Waals surface area (Å²) in [6.45, 7) is 6.78. The Morgan fingerprint density at radius 1 is 1.25 bits per heavy atom. The maximum absolute atomic E-state index is 12.2. The minimum Gasteiger partial charge on any atom is -0.383 e. The third-order valence-electron chi connectivity index (χ3n) is 3.00. The third-order valence-corrected chi connectivity index (χ3v) is 4.61. The van der Waals surface area contributed by atoms with E-state index in [0.29, 0.717) is 24.8 Å². The molecule has 0 aromatic heterocycles. The molecule has 1 rings (SSSR count). The third kappa shape index (κ3) is 4.47. The van der Waals surface area contributed by atoms with E-state index >= 15 is 0 Å². The second-order valence-electron chi connectivity index (χ2n) is 4.95. The molecule has 20 heavy (non-hydrogen) atoms. The van der Waals surface area contributed by atoms with Crippen molar-refractivity contribution in [2.45, 2.75) is 31.7 Å². The summed E-state index contributed by atoms with van der Waals surface area (Å²) in [4.78, 5) is 0.267. The maximum Gasteiger partial charge on any atom is 0.242 e. The van der Waals surface area contributed by atoms with Crippen molar-refractivity contribution in [3.63, 3.8) is 0 Å². The van der Waals surface area contributed by atoms with E-state index in [0.717, 1.165) is 0 Å². The number of sulfonamides is 1. The molecule has 0 fully saturated rings. The molecule has 0 aliphatic heterocycles. The van der Waals surface area contributed by atoms with E-state index in [4.69, 9.17) is 4.74 Å². The molecule has 0 saturated heterocycles. The quantitative estimate of drug-likeness (QED) is 0.771. The minimum absolute atomic E-state index is 0.0537. The van der Waals surface area contributed by atoms with Gasteiger partial charge in [0.25, 0.3) is 0 Å². The van der Waals surface area contributed by atoms with Crippen molar-refractivity contribution in [1.29, 1.82) is 0 Å². The highest BCUT2D eigenvalue weighted by atomic mass is 32.2. The molecule has 0 saturated carbocycles. The van der Waals surface area contributed by atoms with Gasteiger partial charge < -0.3 is 10.1 Å². The standard InChI is InChI=1S/C14H24N2O3S/c1-5-15-20(17,18)14-9-7-6-8-12(14)16-13(10-19-4)11(2)3/h6-9,11,13,15-16H,5,10H2,1-4H3. The summed E-state index contributed by atoms with van der Waals surface area (Å²) in [7, 11) is -1.84. The molecule has 2 N–H and O–H groups in total. The largest absolute Gasteiger partial charge is 0.383 e. The van der Waals surface area contributed by atoms with Gasteiger partial charge in [-0.05, 0) is 18.1 Å². The predicted octanol–water partition coefficient (Wildman–Crippen LogP) is 2.07. The number of rotatable bonds is 8. The smallest absolute Gasteiger partial charge is 0.242 e. The number of ether oxygens (including phenoxy) is 1. The number of methoxy groups -OCH3 is 1. The first-order valence-corrected chi connectivity index (χ1v) is 8.24. The van der Waals surface area contributed by atoms with Gasteiger partial charge in [-0.15, -0.1) is 0 Å². The molecule has 0 heterocycles. The number of anilines is 1. The zero-order chi connectivity index (χ0) is 15.2. The molecule has 0 radical (unpaired) electrons. The van der Waals surface area contributed by atoms with Gasteiger partial charge in [0.1, 0.15) is 4.90 Å². The fourth-order valence-corrected chi connectivity index (χ4v) is 3.08. The Labute approximate surface area is 121 Å². The summed E-state index contributed by atoms with van der Waals surface area (Å²) < 4.78 is 32.1. The normalized spacial score (nSPS) is 13.4. The van der Waals surface area contributed by atoms with Gasteiger partial charge in [-0.1, -0.05) is 32.9 Å². The molecule has 0 aliphatic carbocycles. The molecule has 0 spiro atoms. The van der Waals surface area contributed by atoms with Crippen LogP contribution in [-0.4, -0.2) is 34.7 Å². The van der Waals surface area contributed by atoms with Crippen LogP contribution in [0.1, 0.15) is 20.8 Å². The molecular weight excluding hydrogens is 276 g/mol. The van der Waals surface area contributed by atoms with Gasteiger partial charge in [-0.2, -0.15) is 0 Å². The van der Waals surface area contributed by atoms with Crippen molar-refractivity contribution >= 4 is 15.7 Å². The van der Waals surface area contributed by atoms with Crippen molar-refractivity contribution < 1.29 is 13.2 Å². The molecule has 114 valence electrons. The van der Waals surface area contributed by atoms with Crippen LogP contribution in [0.4, 0.5) is 5.69 Å². The Balaban J connectivity index is 3.07. The average Bonchev–Trinajstić information content (AvgIpc) is 2.38. The molecule has 0 amide bonds. The second-order valence-corrected chi connectivity index (χ2v) is 6.68. The van der Waals surface area contributed by atoms with Crippen LogP contribution in [0.2, 0.25) is 0 Å². The molecule has 1 unspecified atom stereocenters. The Hall–Kier alpha value is -1.11. The van der Waals surface area contributed by atoms with E-state index in [2.05, 4.69) is 23.9 Å². The van der Waals surface area contributed by atoms with Gasteiger partial charge in [0.15, 0.2) is 0 Å². The number of para-hydroxylation sites is 1. The average molecular weight is 300 g/mol. The molecule has 1 atom stereocenters. The predicted molar refractivity (Wildman–Crippen MR) is 81.4 cm³/mol. The van der Waals surface area contributed by atoms with Crippen molar-refractivity contribution in [2.24, 2.45) is 5.92 Å². The maximum atomic E-state index is 12.2. The first kappa shape index (κ1) is 16.9. The summed E-state index contributed by atoms with van der Waals surface area (Å²) in [5.74, 6) is 0.324. The molecular formula is C14H24N2O3S. The monoisotopic (exact) mass is 300 g/mol. The van der Waals surface area contributed by atoms with E-state index in [1.165, 1.54) is 0 Å². The zero-order valence-electron chi connectivity index (χ0n) is 12.5. The number of nitrogens with one attached hydrogen (secondary N) is 2. The Morgan fingerprint density at radius 2 is 1.90 bits per heavy atom. The van der Waals surface area contributed by atoms with Crippen molar-refractivity contribution in [3.05, 3.63) is 24.3 Å². The van der Waals surface area contributed by atoms with Gasteiger partial charge >= 0.3 is 0 Å². The molecule has 1 aromatic carbocycles. The molecule has 6 heteroatoms. The zero-order valence-corrected chi connectivity index (χ0v) is 13.3. The van der Waals surface area contributed by atoms with Crippen LogP contribution in [0.3, 0.4) is 0 Å². The summed E-state index contributed by atoms with van der Waals surface area (Å²) in [5.41, 5.74) is 0.601. The van der Waals surface area contributed by atoms with Gasteiger partial charge in [-0.3, -0.25) is 0 Å². The fraction of sp³-hybridized carbons (Fsp3) is 0.571. The highest BCUT2D eigenvalue weighted by Crippen LogP contribution is 2.22. The lowest BCUT2D eigenvalue weighted by atomic mass is 10.1. The lowest BCUT2D eigenvalue weighted by Crippen LogP contribution is -2.32. The number of hydrogen-bond donors (Lipinski definition) is 2. The highest BCUT2D eigenvalue weighted by Gasteiger charge is 2.20. The van der Waals surface area contributed by atoms with Crippen LogP contribution < -0.4 is 10.0 Å². The summed E-state index contributed by atoms with van der Waals surface area (Å²) in [6.07, 6.45) is 0. The summed E-state index contributed by atoms with van der Waals surface area (Å²) in [5, 5.41) is 3.27. The van der Waals surface area contributed by atoms with Gasteiger partial charge in [-0.25, -0.2) is 13.1 Å². The van der Waals surface area contributed by atoms with Crippen molar-refractivity contribution in [1.82, 2.24) is 4.72 Å². The van der Waals surface area contributed by atoms with E-state index in [1.807, 2.05) is 6.07 Å². The number of hydrogen-bond acceptors (Lipinski definition) is 4.